The van der Waals surface area contributed by atoms with Crippen LogP contribution in [-0.4, -0.2) is 17.0 Å². The van der Waals surface area contributed by atoms with Gasteiger partial charge in [-0.3, -0.25) is 0 Å². The quantitative estimate of drug-likeness (QED) is 0.423. The summed E-state index contributed by atoms with van der Waals surface area (Å²) in [5, 5.41) is 26.3. The molecule has 0 saturated heterocycles. The molecule has 4 aromatic rings. The molecular weight excluding hydrogens is 400 g/mol. The zero-order valence-corrected chi connectivity index (χ0v) is 17.7. The van der Waals surface area contributed by atoms with Gasteiger partial charge in [-0.05, 0) is 65.7 Å². The Morgan fingerprint density at radius 3 is 2.25 bits per heavy atom. The third-order valence-corrected chi connectivity index (χ3v) is 4.98. The number of hydrogen-bond acceptors (Lipinski definition) is 7. The van der Waals surface area contributed by atoms with Crippen molar-refractivity contribution in [1.29, 1.82) is 10.5 Å². The van der Waals surface area contributed by atoms with Gasteiger partial charge in [0.05, 0.1) is 28.8 Å². The predicted octanol–water partition coefficient (Wildman–Crippen LogP) is 5.51. The van der Waals surface area contributed by atoms with Gasteiger partial charge in [0.25, 0.3) is 0 Å². The largest absolute Gasteiger partial charge is 0.438 e. The average Bonchev–Trinajstić information content (AvgIpc) is 2.83. The molecule has 32 heavy (non-hydrogen) atoms. The van der Waals surface area contributed by atoms with Crippen molar-refractivity contribution in [2.45, 2.75) is 13.3 Å². The lowest BCUT2D eigenvalue weighted by Crippen LogP contribution is -2.07. The molecule has 0 aliphatic rings. The maximum absolute atomic E-state index is 9.10. The van der Waals surface area contributed by atoms with Crippen LogP contribution in [0.3, 0.4) is 0 Å². The van der Waals surface area contributed by atoms with Crippen LogP contribution in [0.4, 0.5) is 17.5 Å². The van der Waals surface area contributed by atoms with E-state index in [1.54, 1.807) is 37.4 Å². The third-order valence-electron chi connectivity index (χ3n) is 4.98. The van der Waals surface area contributed by atoms with E-state index in [0.29, 0.717) is 40.9 Å². The average molecular weight is 420 g/mol. The van der Waals surface area contributed by atoms with E-state index < -0.39 is 0 Å². The van der Waals surface area contributed by atoms with E-state index in [1.165, 1.54) is 0 Å². The molecule has 0 amide bonds. The molecule has 0 aliphatic heterocycles. The second-order valence-corrected chi connectivity index (χ2v) is 7.03. The SMILES string of the molecule is CCc1c(NC)nc(Nc2ccc(C#N)cc2)nc1Oc1ccc2cc(C#N)ccc2c1. The lowest BCUT2D eigenvalue weighted by molar-refractivity contribution is 0.457. The number of ether oxygens (including phenoxy) is 1. The van der Waals surface area contributed by atoms with Crippen molar-refractivity contribution in [3.8, 4) is 23.8 Å². The van der Waals surface area contributed by atoms with Crippen LogP contribution in [0.1, 0.15) is 23.6 Å². The fourth-order valence-electron chi connectivity index (χ4n) is 3.35. The van der Waals surface area contributed by atoms with Crippen molar-refractivity contribution < 1.29 is 4.74 Å². The molecule has 0 aliphatic carbocycles. The number of anilines is 3. The van der Waals surface area contributed by atoms with Crippen molar-refractivity contribution in [2.75, 3.05) is 17.7 Å². The Morgan fingerprint density at radius 1 is 0.875 bits per heavy atom. The molecule has 7 nitrogen and oxygen atoms in total. The van der Waals surface area contributed by atoms with E-state index in [2.05, 4.69) is 32.7 Å². The van der Waals surface area contributed by atoms with Gasteiger partial charge in [0, 0.05) is 12.7 Å². The van der Waals surface area contributed by atoms with Crippen LogP contribution >= 0.6 is 0 Å². The van der Waals surface area contributed by atoms with Crippen LogP contribution in [0, 0.1) is 22.7 Å². The first kappa shape index (κ1) is 20.6. The molecule has 0 spiro atoms. The Bertz CT molecular complexity index is 1370. The zero-order valence-electron chi connectivity index (χ0n) is 17.7. The highest BCUT2D eigenvalue weighted by Gasteiger charge is 2.15. The molecule has 0 saturated carbocycles. The maximum Gasteiger partial charge on any atom is 0.232 e. The second-order valence-electron chi connectivity index (χ2n) is 7.03. The molecule has 0 atom stereocenters. The normalized spacial score (nSPS) is 10.2. The highest BCUT2D eigenvalue weighted by Crippen LogP contribution is 2.32. The van der Waals surface area contributed by atoms with Gasteiger partial charge >= 0.3 is 0 Å². The smallest absolute Gasteiger partial charge is 0.232 e. The highest BCUT2D eigenvalue weighted by atomic mass is 16.5. The fraction of sp³-hybridized carbons (Fsp3) is 0.120. The number of nitriles is 2. The van der Waals surface area contributed by atoms with E-state index >= 15 is 0 Å². The first-order valence-corrected chi connectivity index (χ1v) is 10.1. The van der Waals surface area contributed by atoms with Crippen LogP contribution in [0.2, 0.25) is 0 Å². The summed E-state index contributed by atoms with van der Waals surface area (Å²) in [6.07, 6.45) is 0.682. The minimum Gasteiger partial charge on any atom is -0.438 e. The van der Waals surface area contributed by atoms with Gasteiger partial charge in [0.2, 0.25) is 11.8 Å². The summed E-state index contributed by atoms with van der Waals surface area (Å²) in [7, 11) is 1.81. The Kier molecular flexibility index (Phi) is 5.83. The first-order valence-electron chi connectivity index (χ1n) is 10.1. The van der Waals surface area contributed by atoms with Gasteiger partial charge in [-0.2, -0.15) is 20.5 Å². The minimum absolute atomic E-state index is 0.380. The molecule has 2 N–H and O–H groups in total. The minimum atomic E-state index is 0.380. The molecule has 4 rings (SSSR count). The number of nitrogens with zero attached hydrogens (tertiary/aromatic N) is 4. The fourth-order valence-corrected chi connectivity index (χ4v) is 3.35. The summed E-state index contributed by atoms with van der Waals surface area (Å²) in [4.78, 5) is 9.16. The Morgan fingerprint density at radius 2 is 1.56 bits per heavy atom. The molecule has 0 fully saturated rings. The monoisotopic (exact) mass is 420 g/mol. The molecular formula is C25H20N6O. The number of nitrogens with one attached hydrogen (secondary N) is 2. The summed E-state index contributed by atoms with van der Waals surface area (Å²) >= 11 is 0. The van der Waals surface area contributed by atoms with Crippen LogP contribution in [0.5, 0.6) is 11.6 Å². The molecule has 1 aromatic heterocycles. The van der Waals surface area contributed by atoms with E-state index in [1.807, 2.05) is 37.3 Å². The molecule has 3 aromatic carbocycles. The summed E-state index contributed by atoms with van der Waals surface area (Å²) in [6.45, 7) is 2.02. The molecule has 0 unspecified atom stereocenters. The lowest BCUT2D eigenvalue weighted by atomic mass is 10.1. The first-order chi connectivity index (χ1) is 15.6. The van der Waals surface area contributed by atoms with Gasteiger partial charge in [-0.25, -0.2) is 0 Å². The third kappa shape index (κ3) is 4.28. The van der Waals surface area contributed by atoms with Crippen LogP contribution in [-0.2, 0) is 6.42 Å². The molecule has 0 bridgehead atoms. The van der Waals surface area contributed by atoms with Crippen molar-refractivity contribution in [3.63, 3.8) is 0 Å². The van der Waals surface area contributed by atoms with Gasteiger partial charge < -0.3 is 15.4 Å². The molecule has 0 radical (unpaired) electrons. The standard InChI is InChI=1S/C25H20N6O/c1-3-22-23(28-2)30-25(29-20-9-5-16(14-26)6-10-20)31-24(22)32-21-11-8-18-12-17(15-27)4-7-19(18)13-21/h4-13H,3H2,1-2H3,(H2,28,29,30,31). The van der Waals surface area contributed by atoms with Crippen molar-refractivity contribution in [3.05, 3.63) is 77.4 Å². The van der Waals surface area contributed by atoms with Gasteiger partial charge in [0.15, 0.2) is 0 Å². The van der Waals surface area contributed by atoms with Gasteiger partial charge in [-0.1, -0.05) is 19.1 Å². The van der Waals surface area contributed by atoms with Crippen LogP contribution < -0.4 is 15.4 Å². The second kappa shape index (κ2) is 9.03. The van der Waals surface area contributed by atoms with E-state index in [9.17, 15) is 0 Å². The molecule has 1 heterocycles. The Labute approximate surface area is 185 Å². The Balaban J connectivity index is 1.68. The summed E-state index contributed by atoms with van der Waals surface area (Å²) in [5.74, 6) is 2.15. The topological polar surface area (TPSA) is 107 Å². The number of benzene rings is 3. The van der Waals surface area contributed by atoms with Crippen LogP contribution in [0.15, 0.2) is 60.7 Å². The predicted molar refractivity (Wildman–Crippen MR) is 124 cm³/mol. The maximum atomic E-state index is 9.10. The molecule has 7 heteroatoms. The molecule has 156 valence electrons. The number of fused-ring (bicyclic) bond motifs is 1. The van der Waals surface area contributed by atoms with E-state index in [4.69, 9.17) is 15.3 Å². The van der Waals surface area contributed by atoms with Gasteiger partial charge in [0.1, 0.15) is 11.6 Å². The van der Waals surface area contributed by atoms with Crippen molar-refractivity contribution >= 4 is 28.2 Å². The van der Waals surface area contributed by atoms with E-state index in [-0.39, 0.29) is 0 Å². The Hall–Kier alpha value is -4.62. The van der Waals surface area contributed by atoms with Crippen molar-refractivity contribution in [1.82, 2.24) is 9.97 Å². The number of rotatable bonds is 6. The zero-order chi connectivity index (χ0) is 22.5. The summed E-state index contributed by atoms with van der Waals surface area (Å²) < 4.78 is 6.18. The lowest BCUT2D eigenvalue weighted by Gasteiger charge is -2.15. The number of aromatic nitrogens is 2. The van der Waals surface area contributed by atoms with Crippen LogP contribution in [0.25, 0.3) is 10.8 Å². The number of hydrogen-bond donors (Lipinski definition) is 2. The van der Waals surface area contributed by atoms with E-state index in [0.717, 1.165) is 22.0 Å². The summed E-state index contributed by atoms with van der Waals surface area (Å²) in [5.41, 5.74) is 2.82. The van der Waals surface area contributed by atoms with Crippen molar-refractivity contribution in [2.24, 2.45) is 0 Å². The summed E-state index contributed by atoms with van der Waals surface area (Å²) in [6, 6.07) is 22.6. The van der Waals surface area contributed by atoms with Gasteiger partial charge in [-0.15, -0.1) is 0 Å². The highest BCUT2D eigenvalue weighted by molar-refractivity contribution is 5.85.